The van der Waals surface area contributed by atoms with Crippen molar-refractivity contribution in [3.05, 3.63) is 107 Å². The molecule has 4 aromatic rings. The van der Waals surface area contributed by atoms with E-state index in [0.717, 1.165) is 28.5 Å². The van der Waals surface area contributed by atoms with Gasteiger partial charge in [0.1, 0.15) is 35.0 Å². The van der Waals surface area contributed by atoms with Gasteiger partial charge in [-0.25, -0.2) is 8.78 Å². The van der Waals surface area contributed by atoms with Gasteiger partial charge in [0.2, 0.25) is 0 Å². The Kier molecular flexibility index (Phi) is 4.82. The van der Waals surface area contributed by atoms with Crippen molar-refractivity contribution in [2.75, 3.05) is 4.90 Å². The molecule has 2 heterocycles. The average molecular weight is 445 g/mol. The number of aliphatic hydroxyl groups excluding tert-OH is 1. The van der Waals surface area contributed by atoms with Gasteiger partial charge in [-0.05, 0) is 42.0 Å². The van der Waals surface area contributed by atoms with Gasteiger partial charge in [0, 0.05) is 11.6 Å². The van der Waals surface area contributed by atoms with Gasteiger partial charge in [-0.1, -0.05) is 42.5 Å². The van der Waals surface area contributed by atoms with E-state index in [1.54, 1.807) is 37.3 Å². The van der Waals surface area contributed by atoms with Gasteiger partial charge in [0.15, 0.2) is 0 Å². The highest BCUT2D eigenvalue weighted by molar-refractivity contribution is 6.51. The molecule has 7 heteroatoms. The smallest absolute Gasteiger partial charge is 0.300 e. The molecule has 33 heavy (non-hydrogen) atoms. The van der Waals surface area contributed by atoms with Crippen molar-refractivity contribution in [1.82, 2.24) is 0 Å². The first-order valence-corrected chi connectivity index (χ1v) is 10.2. The second kappa shape index (κ2) is 7.70. The highest BCUT2D eigenvalue weighted by Gasteiger charge is 2.49. The standard InChI is InChI=1S/C26H17F2NO4/c1-14-9-12-21(33-14)23-22(24(30)18-8-4-6-15-5-2-3-7-17(15)18)25(31)26(32)29(23)20-13-16(27)10-11-19(20)28/h2-13,23,30H,1H3/b24-22-. The highest BCUT2D eigenvalue weighted by atomic mass is 19.1. The minimum Gasteiger partial charge on any atom is -0.507 e. The summed E-state index contributed by atoms with van der Waals surface area (Å²) in [5.41, 5.74) is -0.360. The number of fused-ring (bicyclic) bond motifs is 1. The van der Waals surface area contributed by atoms with Gasteiger partial charge < -0.3 is 9.52 Å². The quantitative estimate of drug-likeness (QED) is 0.252. The van der Waals surface area contributed by atoms with Crippen LogP contribution in [0.2, 0.25) is 0 Å². The summed E-state index contributed by atoms with van der Waals surface area (Å²) in [6.45, 7) is 1.67. The van der Waals surface area contributed by atoms with Crippen molar-refractivity contribution in [3.8, 4) is 0 Å². The first kappa shape index (κ1) is 20.6. The molecular weight excluding hydrogens is 428 g/mol. The molecule has 5 nitrogen and oxygen atoms in total. The van der Waals surface area contributed by atoms with Crippen LogP contribution in [-0.4, -0.2) is 16.8 Å². The lowest BCUT2D eigenvalue weighted by Gasteiger charge is -2.24. The molecule has 1 unspecified atom stereocenters. The fourth-order valence-corrected chi connectivity index (χ4v) is 4.20. The number of rotatable bonds is 3. The molecule has 0 radical (unpaired) electrons. The number of carbonyl (C=O) groups excluding carboxylic acids is 2. The molecule has 0 saturated carbocycles. The van der Waals surface area contributed by atoms with Crippen molar-refractivity contribution in [1.29, 1.82) is 0 Å². The number of anilines is 1. The zero-order valence-corrected chi connectivity index (χ0v) is 17.4. The zero-order chi connectivity index (χ0) is 23.3. The summed E-state index contributed by atoms with van der Waals surface area (Å²) in [5.74, 6) is -3.60. The van der Waals surface area contributed by atoms with Crippen LogP contribution in [0, 0.1) is 18.6 Å². The SMILES string of the molecule is Cc1ccc(C2/C(=C(/O)c3cccc4ccccc34)C(=O)C(=O)N2c2cc(F)ccc2F)o1. The molecule has 3 aromatic carbocycles. The number of ketones is 1. The fourth-order valence-electron chi connectivity index (χ4n) is 4.20. The largest absolute Gasteiger partial charge is 0.507 e. The number of hydrogen-bond acceptors (Lipinski definition) is 4. The van der Waals surface area contributed by atoms with Crippen LogP contribution in [0.1, 0.15) is 23.1 Å². The van der Waals surface area contributed by atoms with Gasteiger partial charge in [-0.15, -0.1) is 0 Å². The number of carbonyl (C=O) groups is 2. The second-order valence-electron chi connectivity index (χ2n) is 7.74. The fraction of sp³-hybridized carbons (Fsp3) is 0.0769. The molecule has 1 N–H and O–H groups in total. The third-order valence-corrected chi connectivity index (χ3v) is 5.69. The predicted molar refractivity (Wildman–Crippen MR) is 119 cm³/mol. The van der Waals surface area contributed by atoms with E-state index in [1.807, 2.05) is 18.2 Å². The van der Waals surface area contributed by atoms with E-state index in [1.165, 1.54) is 6.07 Å². The average Bonchev–Trinajstić information content (AvgIpc) is 3.35. The number of nitrogens with zero attached hydrogens (tertiary/aromatic N) is 1. The van der Waals surface area contributed by atoms with Crippen LogP contribution in [0.25, 0.3) is 16.5 Å². The third kappa shape index (κ3) is 3.29. The Morgan fingerprint density at radius 3 is 2.48 bits per heavy atom. The summed E-state index contributed by atoms with van der Waals surface area (Å²) in [6.07, 6.45) is 0. The minimum absolute atomic E-state index is 0.136. The van der Waals surface area contributed by atoms with Crippen LogP contribution in [0.4, 0.5) is 14.5 Å². The summed E-state index contributed by atoms with van der Waals surface area (Å²) in [5, 5.41) is 12.8. The van der Waals surface area contributed by atoms with Crippen molar-refractivity contribution in [2.45, 2.75) is 13.0 Å². The van der Waals surface area contributed by atoms with Gasteiger partial charge >= 0.3 is 0 Å². The topological polar surface area (TPSA) is 70.8 Å². The molecule has 0 aliphatic carbocycles. The molecule has 1 saturated heterocycles. The number of Topliss-reactive ketones (excluding diaryl/α,β-unsaturated/α-hetero) is 1. The van der Waals surface area contributed by atoms with E-state index < -0.39 is 40.8 Å². The van der Waals surface area contributed by atoms with E-state index in [2.05, 4.69) is 0 Å². The Balaban J connectivity index is 1.79. The van der Waals surface area contributed by atoms with Crippen LogP contribution >= 0.6 is 0 Å². The summed E-state index contributed by atoms with van der Waals surface area (Å²) in [6, 6.07) is 16.9. The molecule has 164 valence electrons. The van der Waals surface area contributed by atoms with Crippen LogP contribution in [0.3, 0.4) is 0 Å². The predicted octanol–water partition coefficient (Wildman–Crippen LogP) is 5.65. The lowest BCUT2D eigenvalue weighted by atomic mass is 9.96. The molecule has 1 fully saturated rings. The number of furan rings is 1. The molecule has 5 rings (SSSR count). The van der Waals surface area contributed by atoms with E-state index in [9.17, 15) is 23.5 Å². The number of amides is 1. The van der Waals surface area contributed by atoms with Crippen LogP contribution in [-0.2, 0) is 9.59 Å². The molecule has 1 amide bonds. The summed E-state index contributed by atoms with van der Waals surface area (Å²) in [7, 11) is 0. The molecule has 0 bridgehead atoms. The van der Waals surface area contributed by atoms with E-state index in [0.29, 0.717) is 16.7 Å². The van der Waals surface area contributed by atoms with Crippen LogP contribution in [0.15, 0.2) is 82.8 Å². The van der Waals surface area contributed by atoms with E-state index in [-0.39, 0.29) is 11.3 Å². The Bertz CT molecular complexity index is 1460. The van der Waals surface area contributed by atoms with Gasteiger partial charge in [0.25, 0.3) is 11.7 Å². The van der Waals surface area contributed by atoms with Gasteiger partial charge in [0.05, 0.1) is 11.3 Å². The molecule has 1 aromatic heterocycles. The molecule has 1 aliphatic rings. The molecular formula is C26H17F2NO4. The normalized spacial score (nSPS) is 17.8. The van der Waals surface area contributed by atoms with E-state index >= 15 is 0 Å². The van der Waals surface area contributed by atoms with E-state index in [4.69, 9.17) is 4.42 Å². The molecule has 1 aliphatic heterocycles. The Labute approximate surface area is 187 Å². The first-order chi connectivity index (χ1) is 15.9. The Morgan fingerprint density at radius 2 is 1.73 bits per heavy atom. The van der Waals surface area contributed by atoms with Crippen LogP contribution in [0.5, 0.6) is 0 Å². The summed E-state index contributed by atoms with van der Waals surface area (Å²) >= 11 is 0. The molecule has 0 spiro atoms. The van der Waals surface area contributed by atoms with Crippen molar-refractivity contribution in [2.24, 2.45) is 0 Å². The maximum absolute atomic E-state index is 14.7. The number of aliphatic hydroxyl groups is 1. The summed E-state index contributed by atoms with van der Waals surface area (Å²) in [4.78, 5) is 27.1. The number of hydrogen-bond donors (Lipinski definition) is 1. The van der Waals surface area contributed by atoms with Crippen molar-refractivity contribution >= 4 is 33.9 Å². The monoisotopic (exact) mass is 445 g/mol. The lowest BCUT2D eigenvalue weighted by molar-refractivity contribution is -0.132. The molecule has 1 atom stereocenters. The number of halogens is 2. The maximum atomic E-state index is 14.7. The van der Waals surface area contributed by atoms with Gasteiger partial charge in [-0.3, -0.25) is 14.5 Å². The van der Waals surface area contributed by atoms with Crippen molar-refractivity contribution in [3.63, 3.8) is 0 Å². The highest BCUT2D eigenvalue weighted by Crippen LogP contribution is 2.44. The van der Waals surface area contributed by atoms with Crippen molar-refractivity contribution < 1.29 is 27.9 Å². The second-order valence-corrected chi connectivity index (χ2v) is 7.74. The van der Waals surface area contributed by atoms with Gasteiger partial charge in [-0.2, -0.15) is 0 Å². The first-order valence-electron chi connectivity index (χ1n) is 10.2. The number of benzene rings is 3. The Morgan fingerprint density at radius 1 is 0.970 bits per heavy atom. The summed E-state index contributed by atoms with van der Waals surface area (Å²) < 4.78 is 34.4. The van der Waals surface area contributed by atoms with Crippen LogP contribution < -0.4 is 4.90 Å². The lowest BCUT2D eigenvalue weighted by Crippen LogP contribution is -2.30. The Hall–Kier alpha value is -4.26. The number of aryl methyl sites for hydroxylation is 1. The zero-order valence-electron chi connectivity index (χ0n) is 17.4. The maximum Gasteiger partial charge on any atom is 0.300 e. The minimum atomic E-state index is -1.28. The third-order valence-electron chi connectivity index (χ3n) is 5.69.